The zero-order valence-electron chi connectivity index (χ0n) is 38.1. The summed E-state index contributed by atoms with van der Waals surface area (Å²) in [6.07, 6.45) is 8.50. The highest BCUT2D eigenvalue weighted by Crippen LogP contribution is 2.45. The summed E-state index contributed by atoms with van der Waals surface area (Å²) in [6.45, 7) is 12.1. The van der Waals surface area contributed by atoms with Gasteiger partial charge in [-0.2, -0.15) is 0 Å². The van der Waals surface area contributed by atoms with E-state index in [1.165, 1.54) is 38.2 Å². The zero-order valence-corrected chi connectivity index (χ0v) is 38.1. The summed E-state index contributed by atoms with van der Waals surface area (Å²) >= 11 is 0. The van der Waals surface area contributed by atoms with Crippen LogP contribution in [0.2, 0.25) is 0 Å². The van der Waals surface area contributed by atoms with E-state index in [9.17, 15) is 0 Å². The fourth-order valence-corrected chi connectivity index (χ4v) is 8.55. The second-order valence-corrected chi connectivity index (χ2v) is 17.1. The summed E-state index contributed by atoms with van der Waals surface area (Å²) in [4.78, 5) is 30.0. The molecule has 0 saturated heterocycles. The molecule has 8 aromatic carbocycles. The monoisotopic (exact) mass is 864 g/mol. The Bertz CT molecular complexity index is 3430. The van der Waals surface area contributed by atoms with Crippen molar-refractivity contribution in [1.82, 2.24) is 29.9 Å². The van der Waals surface area contributed by atoms with E-state index in [0.717, 1.165) is 55.6 Å². The molecule has 0 amide bonds. The van der Waals surface area contributed by atoms with Crippen LogP contribution < -0.4 is 0 Å². The molecule has 2 heterocycles. The Morgan fingerprint density at radius 2 is 0.687 bits per heavy atom. The molecular weight excluding hydrogens is 817 g/mol. The largest absolute Gasteiger partial charge is 0.213 e. The highest BCUT2D eigenvalue weighted by atomic mass is 15.0. The molecule has 322 valence electrons. The average molecular weight is 865 g/mol. The SMILES string of the molecule is C=C/C=C(C)\C=C/Cc1nc(-c2ccc(C)cc2)nc(-c2ccc(-c3c(-c4ccc(-c5nc(-c6ccc(C)cc6)nc(-c6ccc(C)cc6)n5)cc4)c4ccccc4c4ccccc34)cc2)n1. The first kappa shape index (κ1) is 42.5. The molecule has 0 aliphatic carbocycles. The van der Waals surface area contributed by atoms with E-state index in [0.29, 0.717) is 41.4 Å². The molecule has 2 aromatic heterocycles. The van der Waals surface area contributed by atoms with Gasteiger partial charge in [0.1, 0.15) is 5.82 Å². The van der Waals surface area contributed by atoms with Crippen LogP contribution in [-0.2, 0) is 6.42 Å². The molecule has 0 saturated carbocycles. The minimum absolute atomic E-state index is 0.565. The molecule has 0 atom stereocenters. The molecule has 6 heteroatoms. The minimum Gasteiger partial charge on any atom is -0.213 e. The predicted molar refractivity (Wildman–Crippen MR) is 277 cm³/mol. The number of rotatable bonds is 11. The van der Waals surface area contributed by atoms with Crippen molar-refractivity contribution in [1.29, 1.82) is 0 Å². The smallest absolute Gasteiger partial charge is 0.164 e. The molecule has 0 unspecified atom stereocenters. The molecular formula is C61H48N6. The minimum atomic E-state index is 0.565. The fraction of sp³-hybridized carbons (Fsp3) is 0.0820. The Balaban J connectivity index is 1.08. The molecule has 0 fully saturated rings. The molecule has 6 nitrogen and oxygen atoms in total. The highest BCUT2D eigenvalue weighted by Gasteiger charge is 2.20. The molecule has 0 aliphatic rings. The number of aryl methyl sites for hydroxylation is 3. The molecule has 10 rings (SSSR count). The highest BCUT2D eigenvalue weighted by molar-refractivity contribution is 6.21. The van der Waals surface area contributed by atoms with E-state index in [1.54, 1.807) is 6.08 Å². The summed E-state index contributed by atoms with van der Waals surface area (Å²) in [5.74, 6) is 3.88. The van der Waals surface area contributed by atoms with Gasteiger partial charge in [0, 0.05) is 34.2 Å². The number of hydrogen-bond donors (Lipinski definition) is 0. The Hall–Kier alpha value is -8.48. The summed E-state index contributed by atoms with van der Waals surface area (Å²) in [5.41, 5.74) is 13.8. The van der Waals surface area contributed by atoms with E-state index in [2.05, 4.69) is 216 Å². The lowest BCUT2D eigenvalue weighted by Gasteiger charge is -2.19. The van der Waals surface area contributed by atoms with Crippen LogP contribution in [0.15, 0.2) is 206 Å². The third-order valence-corrected chi connectivity index (χ3v) is 12.1. The summed E-state index contributed by atoms with van der Waals surface area (Å²) in [6, 6.07) is 59.7. The predicted octanol–water partition coefficient (Wildman–Crippen LogP) is 15.2. The van der Waals surface area contributed by atoms with Crippen molar-refractivity contribution in [3.05, 3.63) is 229 Å². The van der Waals surface area contributed by atoms with Crippen LogP contribution in [0.1, 0.15) is 29.4 Å². The van der Waals surface area contributed by atoms with Crippen molar-refractivity contribution in [3.63, 3.8) is 0 Å². The molecule has 10 aromatic rings. The van der Waals surface area contributed by atoms with E-state index in [1.807, 2.05) is 6.08 Å². The zero-order chi connectivity index (χ0) is 45.9. The van der Waals surface area contributed by atoms with E-state index in [-0.39, 0.29) is 0 Å². The first-order valence-corrected chi connectivity index (χ1v) is 22.6. The third kappa shape index (κ3) is 8.98. The van der Waals surface area contributed by atoms with Crippen LogP contribution >= 0.6 is 0 Å². The second-order valence-electron chi connectivity index (χ2n) is 17.1. The fourth-order valence-electron chi connectivity index (χ4n) is 8.55. The van der Waals surface area contributed by atoms with Gasteiger partial charge in [0.2, 0.25) is 0 Å². The summed E-state index contributed by atoms with van der Waals surface area (Å²) < 4.78 is 0. The summed E-state index contributed by atoms with van der Waals surface area (Å²) in [7, 11) is 0. The number of aromatic nitrogens is 6. The van der Waals surface area contributed by atoms with Gasteiger partial charge in [0.05, 0.1) is 0 Å². The average Bonchev–Trinajstić information content (AvgIpc) is 3.36. The topological polar surface area (TPSA) is 77.3 Å². The molecule has 67 heavy (non-hydrogen) atoms. The maximum absolute atomic E-state index is 5.05. The lowest BCUT2D eigenvalue weighted by Crippen LogP contribution is -2.02. The second kappa shape index (κ2) is 18.6. The van der Waals surface area contributed by atoms with Gasteiger partial charge in [0.25, 0.3) is 0 Å². The number of hydrogen-bond acceptors (Lipinski definition) is 6. The van der Waals surface area contributed by atoms with Crippen LogP contribution in [0.25, 0.3) is 101 Å². The van der Waals surface area contributed by atoms with Crippen molar-refractivity contribution in [2.45, 2.75) is 34.1 Å². The molecule has 0 aliphatic heterocycles. The first-order chi connectivity index (χ1) is 32.8. The molecule has 0 bridgehead atoms. The number of benzene rings is 8. The first-order valence-electron chi connectivity index (χ1n) is 22.6. The van der Waals surface area contributed by atoms with E-state index < -0.39 is 0 Å². The van der Waals surface area contributed by atoms with Crippen LogP contribution in [-0.4, -0.2) is 29.9 Å². The van der Waals surface area contributed by atoms with Gasteiger partial charge in [-0.05, 0) is 71.5 Å². The lowest BCUT2D eigenvalue weighted by molar-refractivity contribution is 0.947. The molecule has 0 radical (unpaired) electrons. The van der Waals surface area contributed by atoms with Gasteiger partial charge in [-0.1, -0.05) is 223 Å². The maximum Gasteiger partial charge on any atom is 0.164 e. The van der Waals surface area contributed by atoms with Crippen LogP contribution in [0.5, 0.6) is 0 Å². The Morgan fingerprint density at radius 1 is 0.388 bits per heavy atom. The normalized spacial score (nSPS) is 11.7. The van der Waals surface area contributed by atoms with Crippen LogP contribution in [0, 0.1) is 20.8 Å². The van der Waals surface area contributed by atoms with Crippen molar-refractivity contribution >= 4 is 21.5 Å². The maximum atomic E-state index is 5.05. The van der Waals surface area contributed by atoms with Gasteiger partial charge < -0.3 is 0 Å². The van der Waals surface area contributed by atoms with Crippen molar-refractivity contribution in [2.75, 3.05) is 0 Å². The van der Waals surface area contributed by atoms with Crippen LogP contribution in [0.4, 0.5) is 0 Å². The number of fused-ring (bicyclic) bond motifs is 3. The Morgan fingerprint density at radius 3 is 1.03 bits per heavy atom. The molecule has 0 spiro atoms. The Kier molecular flexibility index (Phi) is 11.8. The quantitative estimate of drug-likeness (QED) is 0.0952. The van der Waals surface area contributed by atoms with Crippen LogP contribution in [0.3, 0.4) is 0 Å². The van der Waals surface area contributed by atoms with Crippen molar-refractivity contribution in [3.8, 4) is 79.2 Å². The van der Waals surface area contributed by atoms with Gasteiger partial charge in [0.15, 0.2) is 29.1 Å². The number of nitrogens with zero attached hydrogens (tertiary/aromatic N) is 6. The van der Waals surface area contributed by atoms with Crippen molar-refractivity contribution < 1.29 is 0 Å². The summed E-state index contributed by atoms with van der Waals surface area (Å²) in [5, 5.41) is 4.75. The van der Waals surface area contributed by atoms with Crippen molar-refractivity contribution in [2.24, 2.45) is 0 Å². The van der Waals surface area contributed by atoms with E-state index >= 15 is 0 Å². The third-order valence-electron chi connectivity index (χ3n) is 12.1. The molecule has 0 N–H and O–H groups in total. The van der Waals surface area contributed by atoms with Gasteiger partial charge >= 0.3 is 0 Å². The standard InChI is InChI=1S/C61H48N6/c1-6-12-39(2)13-11-18-54-62-57(45-25-19-40(3)20-26-45)64-58(63-54)48-35-31-43(32-36-48)55-52-16-9-7-14-50(52)51-15-8-10-17-53(51)56(55)44-33-37-49(38-34-44)61-66-59(46-27-21-41(4)22-28-46)65-60(67-61)47-29-23-42(5)24-30-47/h6-17,19-38H,1,18H2,2-5H3/b13-11-,39-12-. The van der Waals surface area contributed by atoms with E-state index in [4.69, 9.17) is 29.9 Å². The number of allylic oxidation sites excluding steroid dienone is 5. The van der Waals surface area contributed by atoms with Gasteiger partial charge in [-0.15, -0.1) is 0 Å². The van der Waals surface area contributed by atoms with Gasteiger partial charge in [-0.25, -0.2) is 29.9 Å². The lowest BCUT2D eigenvalue weighted by atomic mass is 9.84. The Labute approximate surface area is 391 Å². The van der Waals surface area contributed by atoms with Gasteiger partial charge in [-0.3, -0.25) is 0 Å².